The maximum Gasteiger partial charge on any atom is 0.255 e. The first-order valence-electron chi connectivity index (χ1n) is 5.93. The fraction of sp³-hybridized carbons (Fsp3) is 0.231. The molecule has 2 aromatic rings. The number of primary amides is 1. The van der Waals surface area contributed by atoms with Crippen LogP contribution in [0.15, 0.2) is 36.7 Å². The van der Waals surface area contributed by atoms with Crippen molar-refractivity contribution in [3.8, 4) is 5.75 Å². The number of hydrogen-bond acceptors (Lipinski definition) is 4. The molecule has 19 heavy (non-hydrogen) atoms. The van der Waals surface area contributed by atoms with Gasteiger partial charge in [0.1, 0.15) is 11.6 Å². The Balaban J connectivity index is 1.76. The van der Waals surface area contributed by atoms with Gasteiger partial charge in [0.2, 0.25) is 0 Å². The number of imidazole rings is 1. The van der Waals surface area contributed by atoms with Crippen molar-refractivity contribution in [3.05, 3.63) is 48.0 Å². The third-order valence-electron chi connectivity index (χ3n) is 2.48. The van der Waals surface area contributed by atoms with Crippen LogP contribution in [0.1, 0.15) is 11.4 Å². The number of ether oxygens (including phenoxy) is 1. The smallest absolute Gasteiger partial charge is 0.255 e. The molecular weight excluding hydrogens is 244 g/mol. The van der Waals surface area contributed by atoms with Crippen LogP contribution in [0, 0.1) is 0 Å². The van der Waals surface area contributed by atoms with E-state index < -0.39 is 5.91 Å². The summed E-state index contributed by atoms with van der Waals surface area (Å²) in [5, 5.41) is 3.27. The monoisotopic (exact) mass is 260 g/mol. The molecule has 0 aliphatic heterocycles. The van der Waals surface area contributed by atoms with Crippen LogP contribution in [0.5, 0.6) is 5.75 Å². The molecule has 0 unspecified atom stereocenters. The Morgan fingerprint density at radius 3 is 2.74 bits per heavy atom. The lowest BCUT2D eigenvalue weighted by Crippen LogP contribution is -2.20. The molecule has 1 aromatic heterocycles. The SMILES string of the molecule is NC(=O)COc1ccc(CNCc2ncc[nH]2)cc1. The van der Waals surface area contributed by atoms with Crippen molar-refractivity contribution < 1.29 is 9.53 Å². The molecule has 6 nitrogen and oxygen atoms in total. The van der Waals surface area contributed by atoms with Crippen molar-refractivity contribution in [2.24, 2.45) is 5.73 Å². The van der Waals surface area contributed by atoms with E-state index in [1.54, 1.807) is 12.4 Å². The number of aromatic nitrogens is 2. The standard InChI is InChI=1S/C13H16N4O2/c14-12(18)9-19-11-3-1-10(2-4-11)7-15-8-13-16-5-6-17-13/h1-6,15H,7-9H2,(H2,14,18)(H,16,17). The Hall–Kier alpha value is -2.34. The highest BCUT2D eigenvalue weighted by atomic mass is 16.5. The summed E-state index contributed by atoms with van der Waals surface area (Å²) in [5.41, 5.74) is 6.12. The van der Waals surface area contributed by atoms with Crippen molar-refractivity contribution in [1.82, 2.24) is 15.3 Å². The van der Waals surface area contributed by atoms with Gasteiger partial charge >= 0.3 is 0 Å². The Bertz CT molecular complexity index is 508. The Morgan fingerprint density at radius 1 is 1.32 bits per heavy atom. The third kappa shape index (κ3) is 4.44. The molecule has 0 spiro atoms. The van der Waals surface area contributed by atoms with E-state index in [0.717, 1.165) is 17.9 Å². The van der Waals surface area contributed by atoms with E-state index in [9.17, 15) is 4.79 Å². The first-order valence-corrected chi connectivity index (χ1v) is 5.93. The summed E-state index contributed by atoms with van der Waals surface area (Å²) in [4.78, 5) is 17.7. The number of aromatic amines is 1. The van der Waals surface area contributed by atoms with Gasteiger partial charge in [0.15, 0.2) is 6.61 Å². The fourth-order valence-corrected chi connectivity index (χ4v) is 1.58. The Labute approximate surface area is 111 Å². The predicted octanol–water partition coefficient (Wildman–Crippen LogP) is 0.564. The normalized spacial score (nSPS) is 10.3. The number of carbonyl (C=O) groups is 1. The van der Waals surface area contributed by atoms with Gasteiger partial charge in [-0.15, -0.1) is 0 Å². The number of rotatable bonds is 7. The second-order valence-electron chi connectivity index (χ2n) is 4.04. The van der Waals surface area contributed by atoms with Crippen molar-refractivity contribution in [3.63, 3.8) is 0 Å². The number of carbonyl (C=O) groups excluding carboxylic acids is 1. The average Bonchev–Trinajstić information content (AvgIpc) is 2.91. The van der Waals surface area contributed by atoms with Crippen LogP contribution in [0.4, 0.5) is 0 Å². The van der Waals surface area contributed by atoms with E-state index in [4.69, 9.17) is 10.5 Å². The Kier molecular flexibility index (Phi) is 4.52. The van der Waals surface area contributed by atoms with Crippen LogP contribution in [0.2, 0.25) is 0 Å². The topological polar surface area (TPSA) is 93.0 Å². The van der Waals surface area contributed by atoms with E-state index in [2.05, 4.69) is 15.3 Å². The fourth-order valence-electron chi connectivity index (χ4n) is 1.58. The molecule has 100 valence electrons. The molecule has 1 amide bonds. The molecule has 0 saturated heterocycles. The molecule has 1 heterocycles. The van der Waals surface area contributed by atoms with Crippen LogP contribution in [-0.4, -0.2) is 22.5 Å². The number of amides is 1. The molecule has 0 atom stereocenters. The van der Waals surface area contributed by atoms with Crippen molar-refractivity contribution in [2.75, 3.05) is 6.61 Å². The highest BCUT2D eigenvalue weighted by Gasteiger charge is 1.99. The van der Waals surface area contributed by atoms with Crippen molar-refractivity contribution >= 4 is 5.91 Å². The minimum absolute atomic E-state index is 0.101. The van der Waals surface area contributed by atoms with Gasteiger partial charge < -0.3 is 20.8 Å². The minimum atomic E-state index is -0.482. The largest absolute Gasteiger partial charge is 0.484 e. The second-order valence-corrected chi connectivity index (χ2v) is 4.04. The number of nitrogens with two attached hydrogens (primary N) is 1. The van der Waals surface area contributed by atoms with Crippen LogP contribution in [-0.2, 0) is 17.9 Å². The van der Waals surface area contributed by atoms with Gasteiger partial charge in [-0.1, -0.05) is 12.1 Å². The first kappa shape index (κ1) is 13.1. The second kappa shape index (κ2) is 6.55. The van der Waals surface area contributed by atoms with Gasteiger partial charge in [-0.25, -0.2) is 4.98 Å². The van der Waals surface area contributed by atoms with Gasteiger partial charge in [0, 0.05) is 18.9 Å². The van der Waals surface area contributed by atoms with Gasteiger partial charge in [0.25, 0.3) is 5.91 Å². The summed E-state index contributed by atoms with van der Waals surface area (Å²) >= 11 is 0. The lowest BCUT2D eigenvalue weighted by Gasteiger charge is -2.06. The molecule has 0 aliphatic rings. The minimum Gasteiger partial charge on any atom is -0.484 e. The number of H-pyrrole nitrogens is 1. The molecule has 6 heteroatoms. The Morgan fingerprint density at radius 2 is 2.11 bits per heavy atom. The number of nitrogens with one attached hydrogen (secondary N) is 2. The maximum atomic E-state index is 10.6. The molecule has 0 fully saturated rings. The molecule has 0 saturated carbocycles. The predicted molar refractivity (Wildman–Crippen MR) is 70.3 cm³/mol. The number of benzene rings is 1. The first-order chi connectivity index (χ1) is 9.24. The van der Waals surface area contributed by atoms with Crippen LogP contribution < -0.4 is 15.8 Å². The summed E-state index contributed by atoms with van der Waals surface area (Å²) in [6.45, 7) is 1.32. The van der Waals surface area contributed by atoms with Gasteiger partial charge in [0.05, 0.1) is 6.54 Å². The van der Waals surface area contributed by atoms with Gasteiger partial charge in [-0.05, 0) is 17.7 Å². The lowest BCUT2D eigenvalue weighted by atomic mass is 10.2. The summed E-state index contributed by atoms with van der Waals surface area (Å²) in [5.74, 6) is 1.05. The van der Waals surface area contributed by atoms with Crippen LogP contribution >= 0.6 is 0 Å². The van der Waals surface area contributed by atoms with Crippen LogP contribution in [0.3, 0.4) is 0 Å². The summed E-state index contributed by atoms with van der Waals surface area (Å²) in [6.07, 6.45) is 3.52. The van der Waals surface area contributed by atoms with Crippen molar-refractivity contribution in [2.45, 2.75) is 13.1 Å². The van der Waals surface area contributed by atoms with Crippen LogP contribution in [0.25, 0.3) is 0 Å². The van der Waals surface area contributed by atoms with E-state index in [0.29, 0.717) is 12.3 Å². The molecule has 4 N–H and O–H groups in total. The molecule has 1 aromatic carbocycles. The summed E-state index contributed by atoms with van der Waals surface area (Å²) in [7, 11) is 0. The van der Waals surface area contributed by atoms with Gasteiger partial charge in [-0.3, -0.25) is 4.79 Å². The average molecular weight is 260 g/mol. The van der Waals surface area contributed by atoms with E-state index in [1.807, 2.05) is 24.3 Å². The van der Waals surface area contributed by atoms with E-state index >= 15 is 0 Å². The van der Waals surface area contributed by atoms with Crippen molar-refractivity contribution in [1.29, 1.82) is 0 Å². The maximum absolute atomic E-state index is 10.6. The van der Waals surface area contributed by atoms with Gasteiger partial charge in [-0.2, -0.15) is 0 Å². The quantitative estimate of drug-likeness (QED) is 0.678. The molecule has 0 radical (unpaired) electrons. The highest BCUT2D eigenvalue weighted by molar-refractivity contribution is 5.75. The lowest BCUT2D eigenvalue weighted by molar-refractivity contribution is -0.119. The zero-order valence-electron chi connectivity index (χ0n) is 10.4. The zero-order chi connectivity index (χ0) is 13.5. The number of hydrogen-bond donors (Lipinski definition) is 3. The highest BCUT2D eigenvalue weighted by Crippen LogP contribution is 2.11. The summed E-state index contributed by atoms with van der Waals surface area (Å²) in [6, 6.07) is 7.50. The molecule has 0 aliphatic carbocycles. The zero-order valence-corrected chi connectivity index (χ0v) is 10.4. The molecule has 2 rings (SSSR count). The van der Waals surface area contributed by atoms with E-state index in [1.165, 1.54) is 0 Å². The number of nitrogens with zero attached hydrogens (tertiary/aromatic N) is 1. The molecule has 0 bridgehead atoms. The van der Waals surface area contributed by atoms with E-state index in [-0.39, 0.29) is 6.61 Å². The third-order valence-corrected chi connectivity index (χ3v) is 2.48. The summed E-state index contributed by atoms with van der Waals surface area (Å²) < 4.78 is 5.18. The molecular formula is C13H16N4O2.